The van der Waals surface area contributed by atoms with Gasteiger partial charge in [-0.1, -0.05) is 103 Å². The lowest BCUT2D eigenvalue weighted by Gasteiger charge is -2.21. The van der Waals surface area contributed by atoms with Gasteiger partial charge in [0.05, 0.1) is 0 Å². The highest BCUT2D eigenvalue weighted by atomic mass is 16.3. The van der Waals surface area contributed by atoms with Gasteiger partial charge in [-0.05, 0) is 68.8 Å². The minimum atomic E-state index is 0.895. The molecule has 34 heavy (non-hydrogen) atoms. The van der Waals surface area contributed by atoms with E-state index in [9.17, 15) is 0 Å². The summed E-state index contributed by atoms with van der Waals surface area (Å²) in [7, 11) is 0. The molecule has 0 amide bonds. The Morgan fingerprint density at radius 3 is 2.09 bits per heavy atom. The zero-order valence-electron chi connectivity index (χ0n) is 18.7. The van der Waals surface area contributed by atoms with Crippen molar-refractivity contribution in [2.24, 2.45) is 0 Å². The SMILES string of the molecule is C1=CCc2c(c(-c3ccccc3)c3ccccc3c2-c2ccc3oc4ccccc4c3c2)C=C1. The van der Waals surface area contributed by atoms with Crippen molar-refractivity contribution in [3.63, 3.8) is 0 Å². The van der Waals surface area contributed by atoms with Gasteiger partial charge in [0, 0.05) is 10.8 Å². The normalized spacial score (nSPS) is 12.9. The molecular formula is C33H22O. The van der Waals surface area contributed by atoms with Gasteiger partial charge in [-0.15, -0.1) is 0 Å². The molecule has 160 valence electrons. The first-order valence-electron chi connectivity index (χ1n) is 11.8. The Bertz CT molecular complexity index is 1760. The molecule has 0 saturated carbocycles. The predicted octanol–water partition coefficient (Wildman–Crippen LogP) is 9.20. The number of furan rings is 1. The van der Waals surface area contributed by atoms with Gasteiger partial charge < -0.3 is 4.42 Å². The molecule has 0 N–H and O–H groups in total. The van der Waals surface area contributed by atoms with Crippen LogP contribution in [0.3, 0.4) is 0 Å². The van der Waals surface area contributed by atoms with Crippen molar-refractivity contribution in [1.82, 2.24) is 0 Å². The lowest BCUT2D eigenvalue weighted by atomic mass is 9.82. The van der Waals surface area contributed by atoms with Crippen molar-refractivity contribution < 1.29 is 4.42 Å². The molecule has 0 fully saturated rings. The highest BCUT2D eigenvalue weighted by Gasteiger charge is 2.21. The molecule has 1 heteroatoms. The van der Waals surface area contributed by atoms with E-state index in [1.807, 2.05) is 12.1 Å². The highest BCUT2D eigenvalue weighted by molar-refractivity contribution is 6.12. The number of hydrogen-bond acceptors (Lipinski definition) is 1. The van der Waals surface area contributed by atoms with Crippen LogP contribution in [0.5, 0.6) is 0 Å². The standard InChI is InChI=1S/C33H22O/c1-3-11-22(12-4-1)32-25-14-5-2-6-15-27(25)33(28-17-8-7-16-26(28)32)23-19-20-31-29(21-23)24-13-9-10-18-30(24)34-31/h1-14,16-21H,15H2. The molecule has 0 unspecified atom stereocenters. The Balaban J connectivity index is 1.61. The molecule has 7 rings (SSSR count). The lowest BCUT2D eigenvalue weighted by Crippen LogP contribution is -1.98. The Morgan fingerprint density at radius 1 is 0.529 bits per heavy atom. The second kappa shape index (κ2) is 7.60. The van der Waals surface area contributed by atoms with E-state index in [0.717, 1.165) is 28.4 Å². The van der Waals surface area contributed by atoms with Gasteiger partial charge in [-0.3, -0.25) is 0 Å². The van der Waals surface area contributed by atoms with Gasteiger partial charge in [0.15, 0.2) is 0 Å². The van der Waals surface area contributed by atoms with E-state index in [1.54, 1.807) is 0 Å². The van der Waals surface area contributed by atoms with E-state index in [4.69, 9.17) is 4.42 Å². The second-order valence-corrected chi connectivity index (χ2v) is 8.85. The van der Waals surface area contributed by atoms with Crippen LogP contribution < -0.4 is 0 Å². The average molecular weight is 435 g/mol. The van der Waals surface area contributed by atoms with Crippen LogP contribution in [-0.4, -0.2) is 0 Å². The number of allylic oxidation sites excluding steroid dienone is 3. The third kappa shape index (κ3) is 2.87. The van der Waals surface area contributed by atoms with Crippen LogP contribution in [0.25, 0.3) is 61.0 Å². The summed E-state index contributed by atoms with van der Waals surface area (Å²) in [6, 6.07) is 34.6. The molecule has 5 aromatic carbocycles. The molecular weight excluding hydrogens is 412 g/mol. The zero-order chi connectivity index (χ0) is 22.5. The third-order valence-corrected chi connectivity index (χ3v) is 6.92. The summed E-state index contributed by atoms with van der Waals surface area (Å²) in [5.41, 5.74) is 9.65. The van der Waals surface area contributed by atoms with Crippen molar-refractivity contribution >= 4 is 38.8 Å². The lowest BCUT2D eigenvalue weighted by molar-refractivity contribution is 0.669. The monoisotopic (exact) mass is 434 g/mol. The molecule has 0 saturated heterocycles. The fraction of sp³-hybridized carbons (Fsp3) is 0.0303. The van der Waals surface area contributed by atoms with E-state index >= 15 is 0 Å². The molecule has 6 aromatic rings. The summed E-state index contributed by atoms with van der Waals surface area (Å²) in [4.78, 5) is 0. The molecule has 0 atom stereocenters. The van der Waals surface area contributed by atoms with Gasteiger partial charge in [-0.25, -0.2) is 0 Å². The molecule has 1 heterocycles. The largest absolute Gasteiger partial charge is 0.456 e. The molecule has 1 aromatic heterocycles. The smallest absolute Gasteiger partial charge is 0.135 e. The number of benzene rings is 5. The van der Waals surface area contributed by atoms with E-state index in [2.05, 4.69) is 109 Å². The van der Waals surface area contributed by atoms with Crippen LogP contribution in [0.2, 0.25) is 0 Å². The van der Waals surface area contributed by atoms with Crippen molar-refractivity contribution in [1.29, 1.82) is 0 Å². The number of para-hydroxylation sites is 1. The zero-order valence-corrected chi connectivity index (χ0v) is 18.7. The molecule has 0 radical (unpaired) electrons. The summed E-state index contributed by atoms with van der Waals surface area (Å²) < 4.78 is 6.12. The van der Waals surface area contributed by atoms with Gasteiger partial charge in [-0.2, -0.15) is 0 Å². The number of fused-ring (bicyclic) bond motifs is 5. The first-order chi connectivity index (χ1) is 16.9. The maximum Gasteiger partial charge on any atom is 0.135 e. The predicted molar refractivity (Wildman–Crippen MR) is 144 cm³/mol. The van der Waals surface area contributed by atoms with Crippen molar-refractivity contribution in [2.45, 2.75) is 6.42 Å². The summed E-state index contributed by atoms with van der Waals surface area (Å²) >= 11 is 0. The fourth-order valence-corrected chi connectivity index (χ4v) is 5.45. The molecule has 0 bridgehead atoms. The topological polar surface area (TPSA) is 13.1 Å². The summed E-state index contributed by atoms with van der Waals surface area (Å²) in [5.74, 6) is 0. The Hall–Kier alpha value is -4.36. The van der Waals surface area contributed by atoms with Gasteiger partial charge in [0.25, 0.3) is 0 Å². The molecule has 0 aliphatic heterocycles. The highest BCUT2D eigenvalue weighted by Crippen LogP contribution is 2.44. The fourth-order valence-electron chi connectivity index (χ4n) is 5.45. The second-order valence-electron chi connectivity index (χ2n) is 8.85. The van der Waals surface area contributed by atoms with Crippen molar-refractivity contribution in [3.8, 4) is 22.3 Å². The van der Waals surface area contributed by atoms with Crippen LogP contribution in [0.1, 0.15) is 11.1 Å². The van der Waals surface area contributed by atoms with Crippen LogP contribution >= 0.6 is 0 Å². The van der Waals surface area contributed by atoms with Crippen molar-refractivity contribution in [3.05, 3.63) is 126 Å². The molecule has 1 aliphatic carbocycles. The van der Waals surface area contributed by atoms with Crippen LogP contribution in [0.15, 0.2) is 120 Å². The quantitative estimate of drug-likeness (QED) is 0.265. The summed E-state index contributed by atoms with van der Waals surface area (Å²) in [6.45, 7) is 0. The Labute approximate surface area is 198 Å². The molecule has 0 spiro atoms. The van der Waals surface area contributed by atoms with Gasteiger partial charge >= 0.3 is 0 Å². The minimum absolute atomic E-state index is 0.895. The van der Waals surface area contributed by atoms with E-state index in [-0.39, 0.29) is 0 Å². The maximum absolute atomic E-state index is 6.12. The Morgan fingerprint density at radius 2 is 1.24 bits per heavy atom. The number of hydrogen-bond donors (Lipinski definition) is 0. The summed E-state index contributed by atoms with van der Waals surface area (Å²) in [6.07, 6.45) is 9.77. The molecule has 1 aliphatic rings. The van der Waals surface area contributed by atoms with Crippen LogP contribution in [-0.2, 0) is 6.42 Å². The van der Waals surface area contributed by atoms with Crippen LogP contribution in [0.4, 0.5) is 0 Å². The molecule has 1 nitrogen and oxygen atoms in total. The summed E-state index contributed by atoms with van der Waals surface area (Å²) in [5, 5.41) is 4.90. The van der Waals surface area contributed by atoms with Crippen LogP contribution in [0, 0.1) is 0 Å². The minimum Gasteiger partial charge on any atom is -0.456 e. The van der Waals surface area contributed by atoms with Gasteiger partial charge in [0.1, 0.15) is 11.2 Å². The van der Waals surface area contributed by atoms with Crippen molar-refractivity contribution in [2.75, 3.05) is 0 Å². The maximum atomic E-state index is 6.12. The first-order valence-corrected chi connectivity index (χ1v) is 11.8. The first kappa shape index (κ1) is 19.1. The number of rotatable bonds is 2. The van der Waals surface area contributed by atoms with E-state index in [0.29, 0.717) is 0 Å². The Kier molecular flexibility index (Phi) is 4.28. The van der Waals surface area contributed by atoms with Gasteiger partial charge in [0.2, 0.25) is 0 Å². The van der Waals surface area contributed by atoms with E-state index in [1.165, 1.54) is 44.2 Å². The third-order valence-electron chi connectivity index (χ3n) is 6.92. The van der Waals surface area contributed by atoms with E-state index < -0.39 is 0 Å². The average Bonchev–Trinajstić information content (AvgIpc) is 3.09.